The first-order chi connectivity index (χ1) is 17.7. The van der Waals surface area contributed by atoms with E-state index in [2.05, 4.69) is 4.90 Å². The molecule has 0 aliphatic carbocycles. The van der Waals surface area contributed by atoms with Crippen LogP contribution < -0.4 is 9.47 Å². The minimum absolute atomic E-state index is 0.0741. The number of halogens is 1. The molecule has 1 saturated heterocycles. The van der Waals surface area contributed by atoms with Crippen LogP contribution in [0.3, 0.4) is 0 Å². The predicted octanol–water partition coefficient (Wildman–Crippen LogP) is 5.77. The molecule has 37 heavy (non-hydrogen) atoms. The molecule has 1 fully saturated rings. The van der Waals surface area contributed by atoms with Gasteiger partial charge in [0.05, 0.1) is 4.90 Å². The van der Waals surface area contributed by atoms with Gasteiger partial charge in [-0.15, -0.1) is 0 Å². The molecule has 1 aliphatic heterocycles. The van der Waals surface area contributed by atoms with E-state index in [4.69, 9.17) is 30.7 Å². The van der Waals surface area contributed by atoms with Crippen molar-refractivity contribution in [1.82, 2.24) is 4.90 Å². The number of rotatable bonds is 10. The summed E-state index contributed by atoms with van der Waals surface area (Å²) in [6, 6.07) is 22.6. The number of aliphatic carboxylic acids is 1. The zero-order chi connectivity index (χ0) is 26.7. The number of carboxylic acid groups (broad SMARTS) is 1. The monoisotopic (exact) mass is 547 g/mol. The van der Waals surface area contributed by atoms with E-state index < -0.39 is 16.1 Å². The van der Waals surface area contributed by atoms with Crippen LogP contribution >= 0.6 is 11.6 Å². The number of ether oxygens (including phenoxy) is 2. The molecule has 1 heterocycles. The maximum absolute atomic E-state index is 10.7. The van der Waals surface area contributed by atoms with Crippen molar-refractivity contribution in [3.8, 4) is 17.2 Å². The maximum atomic E-state index is 10.7. The van der Waals surface area contributed by atoms with E-state index in [1.807, 2.05) is 36.4 Å². The Bertz CT molecular complexity index is 1220. The summed E-state index contributed by atoms with van der Waals surface area (Å²) in [5.74, 6) is 1.54. The minimum atomic E-state index is -4.00. The molecule has 0 saturated carbocycles. The molecule has 4 rings (SSSR count). The maximum Gasteiger partial charge on any atom is 0.303 e. The largest absolute Gasteiger partial charge is 0.492 e. The van der Waals surface area contributed by atoms with Crippen LogP contribution in [0, 0.1) is 0 Å². The zero-order valence-corrected chi connectivity index (χ0v) is 21.8. The lowest BCUT2D eigenvalue weighted by molar-refractivity contribution is -0.137. The molecule has 0 amide bonds. The van der Waals surface area contributed by atoms with Crippen LogP contribution in [-0.4, -0.2) is 54.7 Å². The molecule has 0 spiro atoms. The average molecular weight is 548 g/mol. The number of likely N-dealkylation sites (tertiary alicyclic amines) is 1. The first-order valence-electron chi connectivity index (χ1n) is 11.9. The number of hydrogen-bond acceptors (Lipinski definition) is 6. The highest BCUT2D eigenvalue weighted by atomic mass is 35.5. The van der Waals surface area contributed by atoms with E-state index in [1.54, 1.807) is 30.3 Å². The molecule has 0 radical (unpaired) electrons. The summed E-state index contributed by atoms with van der Waals surface area (Å²) >= 11 is 5.87. The molecule has 3 aromatic rings. The smallest absolute Gasteiger partial charge is 0.303 e. The minimum Gasteiger partial charge on any atom is -0.492 e. The standard InChI is InChI=1S/C21H24ClNO4.C6H6O3S/c22-16-5-7-19(8-6-16)27-20-11-9-18(10-12-20)26-15-17-3-1-13-23(17)14-2-4-21(24)25;7-10(8,9)6-4-2-1-3-5-6/h5-12,17H,1-4,13-15H2,(H,24,25);1-5H,(H,7,8,9). The zero-order valence-electron chi connectivity index (χ0n) is 20.2. The predicted molar refractivity (Wildman–Crippen MR) is 141 cm³/mol. The number of carboxylic acids is 1. The molecule has 1 unspecified atom stereocenters. The molecule has 198 valence electrons. The highest BCUT2D eigenvalue weighted by Crippen LogP contribution is 2.26. The third-order valence-corrected chi connectivity index (χ3v) is 6.81. The van der Waals surface area contributed by atoms with Gasteiger partial charge in [-0.25, -0.2) is 0 Å². The normalized spacial score (nSPS) is 15.5. The molecular weight excluding hydrogens is 518 g/mol. The number of carbonyl (C=O) groups is 1. The van der Waals surface area contributed by atoms with Crippen molar-refractivity contribution in [2.45, 2.75) is 36.6 Å². The number of hydrogen-bond donors (Lipinski definition) is 2. The van der Waals surface area contributed by atoms with Gasteiger partial charge in [0.15, 0.2) is 0 Å². The fourth-order valence-corrected chi connectivity index (χ4v) is 4.47. The second-order valence-corrected chi connectivity index (χ2v) is 10.3. The average Bonchev–Trinajstić information content (AvgIpc) is 3.32. The van der Waals surface area contributed by atoms with Gasteiger partial charge >= 0.3 is 5.97 Å². The van der Waals surface area contributed by atoms with E-state index in [0.717, 1.165) is 43.2 Å². The summed E-state index contributed by atoms with van der Waals surface area (Å²) < 4.78 is 41.0. The van der Waals surface area contributed by atoms with Gasteiger partial charge in [0.2, 0.25) is 0 Å². The Kier molecular flexibility index (Phi) is 10.8. The van der Waals surface area contributed by atoms with Crippen LogP contribution in [0.25, 0.3) is 0 Å². The van der Waals surface area contributed by atoms with Gasteiger partial charge in [-0.3, -0.25) is 14.2 Å². The Morgan fingerprint density at radius 2 is 1.54 bits per heavy atom. The summed E-state index contributed by atoms with van der Waals surface area (Å²) in [6.45, 7) is 2.44. The summed E-state index contributed by atoms with van der Waals surface area (Å²) in [7, 11) is -4.00. The van der Waals surface area contributed by atoms with Gasteiger partial charge in [0.1, 0.15) is 23.9 Å². The van der Waals surface area contributed by atoms with Gasteiger partial charge in [-0.05, 0) is 93.0 Å². The molecule has 2 N–H and O–H groups in total. The molecule has 8 nitrogen and oxygen atoms in total. The summed E-state index contributed by atoms with van der Waals surface area (Å²) in [6.07, 6.45) is 3.13. The third-order valence-electron chi connectivity index (χ3n) is 5.69. The lowest BCUT2D eigenvalue weighted by Crippen LogP contribution is -2.35. The second kappa shape index (κ2) is 14.0. The van der Waals surface area contributed by atoms with Crippen molar-refractivity contribution < 1.29 is 32.3 Å². The van der Waals surface area contributed by atoms with E-state index in [-0.39, 0.29) is 11.3 Å². The van der Waals surface area contributed by atoms with Crippen LogP contribution in [-0.2, 0) is 14.9 Å². The van der Waals surface area contributed by atoms with E-state index in [1.165, 1.54) is 12.1 Å². The highest BCUT2D eigenvalue weighted by Gasteiger charge is 2.24. The summed E-state index contributed by atoms with van der Waals surface area (Å²) in [5.41, 5.74) is 0. The van der Waals surface area contributed by atoms with Crippen LogP contribution in [0.5, 0.6) is 17.2 Å². The Labute approximate surface area is 222 Å². The van der Waals surface area contributed by atoms with Crippen molar-refractivity contribution in [3.05, 3.63) is 83.9 Å². The molecule has 10 heteroatoms. The van der Waals surface area contributed by atoms with Crippen molar-refractivity contribution in [1.29, 1.82) is 0 Å². The molecular formula is C27H30ClNO7S. The van der Waals surface area contributed by atoms with Crippen LogP contribution in [0.15, 0.2) is 83.8 Å². The molecule has 0 aromatic heterocycles. The molecule has 1 atom stereocenters. The van der Waals surface area contributed by atoms with Crippen molar-refractivity contribution >= 4 is 27.7 Å². The van der Waals surface area contributed by atoms with E-state index >= 15 is 0 Å². The second-order valence-electron chi connectivity index (χ2n) is 8.46. The van der Waals surface area contributed by atoms with Crippen molar-refractivity contribution in [3.63, 3.8) is 0 Å². The SMILES string of the molecule is O=C(O)CCCN1CCCC1COc1ccc(Oc2ccc(Cl)cc2)cc1.O=S(=O)(O)c1ccccc1. The Hall–Kier alpha value is -3.11. The lowest BCUT2D eigenvalue weighted by atomic mass is 10.2. The first-order valence-corrected chi connectivity index (χ1v) is 13.7. The summed E-state index contributed by atoms with van der Waals surface area (Å²) in [5, 5.41) is 9.45. The number of benzene rings is 3. The van der Waals surface area contributed by atoms with Crippen molar-refractivity contribution in [2.75, 3.05) is 19.7 Å². The lowest BCUT2D eigenvalue weighted by Gasteiger charge is -2.24. The fraction of sp³-hybridized carbons (Fsp3) is 0.296. The fourth-order valence-electron chi connectivity index (χ4n) is 3.84. The number of nitrogens with zero attached hydrogens (tertiary/aromatic N) is 1. The highest BCUT2D eigenvalue weighted by molar-refractivity contribution is 7.85. The Morgan fingerprint density at radius 1 is 0.946 bits per heavy atom. The topological polar surface area (TPSA) is 113 Å². The van der Waals surface area contributed by atoms with Crippen LogP contribution in [0.1, 0.15) is 25.7 Å². The van der Waals surface area contributed by atoms with Gasteiger partial charge in [0.25, 0.3) is 10.1 Å². The summed E-state index contributed by atoms with van der Waals surface area (Å²) in [4.78, 5) is 12.9. The van der Waals surface area contributed by atoms with Crippen LogP contribution in [0.4, 0.5) is 0 Å². The van der Waals surface area contributed by atoms with Gasteiger partial charge in [-0.2, -0.15) is 8.42 Å². The van der Waals surface area contributed by atoms with Gasteiger partial charge < -0.3 is 14.6 Å². The van der Waals surface area contributed by atoms with Gasteiger partial charge in [-0.1, -0.05) is 29.8 Å². The van der Waals surface area contributed by atoms with E-state index in [0.29, 0.717) is 24.1 Å². The molecule has 0 bridgehead atoms. The third kappa shape index (κ3) is 10.0. The quantitative estimate of drug-likeness (QED) is 0.307. The van der Waals surface area contributed by atoms with Gasteiger partial charge in [0, 0.05) is 17.5 Å². The van der Waals surface area contributed by atoms with Crippen LogP contribution in [0.2, 0.25) is 5.02 Å². The first kappa shape index (κ1) is 28.5. The Morgan fingerprint density at radius 3 is 2.11 bits per heavy atom. The molecule has 3 aromatic carbocycles. The van der Waals surface area contributed by atoms with E-state index in [9.17, 15) is 13.2 Å². The Balaban J connectivity index is 0.000000319. The molecule has 1 aliphatic rings. The van der Waals surface area contributed by atoms with Crippen molar-refractivity contribution in [2.24, 2.45) is 0 Å².